The van der Waals surface area contributed by atoms with E-state index in [4.69, 9.17) is 9.47 Å². The minimum atomic E-state index is -0.770. The summed E-state index contributed by atoms with van der Waals surface area (Å²) in [5, 5.41) is 6.16. The lowest BCUT2D eigenvalue weighted by atomic mass is 9.97. The summed E-state index contributed by atoms with van der Waals surface area (Å²) in [6.07, 6.45) is 0. The molecule has 212 valence electrons. The highest BCUT2D eigenvalue weighted by Gasteiger charge is 2.29. The van der Waals surface area contributed by atoms with Gasteiger partial charge in [-0.1, -0.05) is 18.2 Å². The maximum absolute atomic E-state index is 12.6. The monoisotopic (exact) mass is 539 g/mol. The Kier molecular flexibility index (Phi) is 9.90. The van der Waals surface area contributed by atoms with Crippen LogP contribution in [-0.4, -0.2) is 54.3 Å². The average molecular weight is 540 g/mol. The molecule has 0 unspecified atom stereocenters. The van der Waals surface area contributed by atoms with E-state index in [0.29, 0.717) is 11.3 Å². The van der Waals surface area contributed by atoms with Gasteiger partial charge in [0.05, 0.1) is 17.4 Å². The third-order valence-electron chi connectivity index (χ3n) is 5.53. The molecule has 0 atom stereocenters. The number of nitrogens with zero attached hydrogens (tertiary/aromatic N) is 1. The summed E-state index contributed by atoms with van der Waals surface area (Å²) in [4.78, 5) is 51.5. The SMILES string of the molecule is CN(CC(=O)NCC(C)(C)Nc1ccc(OC(=O)C(C)(C)C)c(OC(=O)C(C)(C)C)c1)C(=O)c1ccccc1. The van der Waals surface area contributed by atoms with Crippen LogP contribution in [0.15, 0.2) is 48.5 Å². The van der Waals surface area contributed by atoms with E-state index in [1.807, 2.05) is 19.9 Å². The molecule has 2 rings (SSSR count). The highest BCUT2D eigenvalue weighted by Crippen LogP contribution is 2.34. The molecule has 2 aromatic carbocycles. The number of amides is 2. The zero-order chi connectivity index (χ0) is 29.6. The number of nitrogens with one attached hydrogen (secondary N) is 2. The van der Waals surface area contributed by atoms with Gasteiger partial charge in [-0.05, 0) is 79.7 Å². The van der Waals surface area contributed by atoms with Crippen molar-refractivity contribution in [1.82, 2.24) is 10.2 Å². The van der Waals surface area contributed by atoms with Crippen LogP contribution in [0.4, 0.5) is 5.69 Å². The van der Waals surface area contributed by atoms with Crippen LogP contribution in [0.5, 0.6) is 11.5 Å². The molecule has 0 saturated carbocycles. The van der Waals surface area contributed by atoms with Crippen LogP contribution in [0.25, 0.3) is 0 Å². The Labute approximate surface area is 231 Å². The van der Waals surface area contributed by atoms with E-state index in [-0.39, 0.29) is 36.4 Å². The Bertz CT molecular complexity index is 1190. The maximum Gasteiger partial charge on any atom is 0.316 e. The van der Waals surface area contributed by atoms with Crippen molar-refractivity contribution in [2.24, 2.45) is 10.8 Å². The predicted molar refractivity (Wildman–Crippen MR) is 151 cm³/mol. The van der Waals surface area contributed by atoms with Gasteiger partial charge in [-0.15, -0.1) is 0 Å². The van der Waals surface area contributed by atoms with Crippen LogP contribution in [0, 0.1) is 10.8 Å². The summed E-state index contributed by atoms with van der Waals surface area (Å²) in [6.45, 7) is 14.3. The summed E-state index contributed by atoms with van der Waals surface area (Å²) in [6, 6.07) is 13.6. The molecule has 2 N–H and O–H groups in total. The molecule has 9 nitrogen and oxygen atoms in total. The van der Waals surface area contributed by atoms with E-state index in [1.54, 1.807) is 91.1 Å². The number of esters is 2. The van der Waals surface area contributed by atoms with Crippen molar-refractivity contribution in [3.63, 3.8) is 0 Å². The largest absolute Gasteiger partial charge is 0.422 e. The van der Waals surface area contributed by atoms with Gasteiger partial charge in [0, 0.05) is 36.4 Å². The van der Waals surface area contributed by atoms with Gasteiger partial charge in [0.1, 0.15) is 0 Å². The third-order valence-corrected chi connectivity index (χ3v) is 5.53. The van der Waals surface area contributed by atoms with Crippen molar-refractivity contribution < 1.29 is 28.7 Å². The first-order valence-electron chi connectivity index (χ1n) is 12.8. The van der Waals surface area contributed by atoms with Gasteiger partial charge in [0.2, 0.25) is 5.91 Å². The Balaban J connectivity index is 2.10. The molecule has 2 amide bonds. The first-order chi connectivity index (χ1) is 17.9. The van der Waals surface area contributed by atoms with Crippen LogP contribution in [-0.2, 0) is 14.4 Å². The summed E-state index contributed by atoms with van der Waals surface area (Å²) in [5.41, 5.74) is -1.03. The number of carbonyl (C=O) groups excluding carboxylic acids is 4. The van der Waals surface area contributed by atoms with Crippen molar-refractivity contribution in [1.29, 1.82) is 0 Å². The number of likely N-dealkylation sites (N-methyl/N-ethyl adjacent to an activating group) is 1. The van der Waals surface area contributed by atoms with Crippen LogP contribution >= 0.6 is 0 Å². The number of hydrogen-bond acceptors (Lipinski definition) is 7. The molecule has 0 heterocycles. The number of rotatable bonds is 9. The zero-order valence-electron chi connectivity index (χ0n) is 24.4. The molecule has 0 radical (unpaired) electrons. The van der Waals surface area contributed by atoms with Crippen molar-refractivity contribution >= 4 is 29.4 Å². The number of benzene rings is 2. The van der Waals surface area contributed by atoms with Gasteiger partial charge in [-0.25, -0.2) is 0 Å². The fraction of sp³-hybridized carbons (Fsp3) is 0.467. The van der Waals surface area contributed by atoms with E-state index >= 15 is 0 Å². The van der Waals surface area contributed by atoms with E-state index < -0.39 is 28.3 Å². The predicted octanol–water partition coefficient (Wildman–Crippen LogP) is 4.67. The molecule has 39 heavy (non-hydrogen) atoms. The van der Waals surface area contributed by atoms with Gasteiger partial charge < -0.3 is 25.0 Å². The van der Waals surface area contributed by atoms with Crippen molar-refractivity contribution in [2.45, 2.75) is 60.9 Å². The highest BCUT2D eigenvalue weighted by atomic mass is 16.6. The molecule has 0 saturated heterocycles. The number of hydrogen-bond donors (Lipinski definition) is 2. The summed E-state index contributed by atoms with van der Waals surface area (Å²) in [7, 11) is 1.58. The van der Waals surface area contributed by atoms with E-state index in [1.165, 1.54) is 4.90 Å². The Hall–Kier alpha value is -3.88. The molecule has 0 aliphatic carbocycles. The van der Waals surface area contributed by atoms with Crippen molar-refractivity contribution in [3.05, 3.63) is 54.1 Å². The smallest absolute Gasteiger partial charge is 0.316 e. The lowest BCUT2D eigenvalue weighted by Crippen LogP contribution is -2.47. The van der Waals surface area contributed by atoms with E-state index in [2.05, 4.69) is 10.6 Å². The van der Waals surface area contributed by atoms with Crippen molar-refractivity contribution in [2.75, 3.05) is 25.5 Å². The average Bonchev–Trinajstić information content (AvgIpc) is 2.83. The third kappa shape index (κ3) is 9.74. The standard InChI is InChI=1S/C30H41N3O6/c1-28(2,3)26(36)38-22-16-15-21(17-23(22)39-27(37)29(4,5)6)32-30(7,8)19-31-24(34)18-33(9)25(35)20-13-11-10-12-14-20/h10-17,32H,18-19H2,1-9H3,(H,31,34). The van der Waals surface area contributed by atoms with Gasteiger partial charge in [0.15, 0.2) is 11.5 Å². The van der Waals surface area contributed by atoms with Gasteiger partial charge in [-0.3, -0.25) is 19.2 Å². The van der Waals surface area contributed by atoms with Crippen LogP contribution in [0.2, 0.25) is 0 Å². The van der Waals surface area contributed by atoms with Crippen LogP contribution in [0.3, 0.4) is 0 Å². The number of anilines is 1. The number of ether oxygens (including phenoxy) is 2. The van der Waals surface area contributed by atoms with Crippen molar-refractivity contribution in [3.8, 4) is 11.5 Å². The normalized spacial score (nSPS) is 11.8. The molecule has 0 fully saturated rings. The van der Waals surface area contributed by atoms with Gasteiger partial charge in [-0.2, -0.15) is 0 Å². The summed E-state index contributed by atoms with van der Waals surface area (Å²) < 4.78 is 11.2. The second-order valence-electron chi connectivity index (χ2n) is 12.3. The highest BCUT2D eigenvalue weighted by molar-refractivity contribution is 5.96. The molecular weight excluding hydrogens is 498 g/mol. The molecule has 0 bridgehead atoms. The molecule has 0 aliphatic rings. The minimum Gasteiger partial charge on any atom is -0.422 e. The van der Waals surface area contributed by atoms with Gasteiger partial charge in [0.25, 0.3) is 5.91 Å². The van der Waals surface area contributed by atoms with E-state index in [9.17, 15) is 19.2 Å². The minimum absolute atomic E-state index is 0.0927. The lowest BCUT2D eigenvalue weighted by molar-refractivity contribution is -0.145. The lowest BCUT2D eigenvalue weighted by Gasteiger charge is -2.29. The molecular formula is C30H41N3O6. The topological polar surface area (TPSA) is 114 Å². The van der Waals surface area contributed by atoms with Crippen LogP contribution in [0.1, 0.15) is 65.7 Å². The first kappa shape index (κ1) is 31.3. The Morgan fingerprint density at radius 3 is 1.85 bits per heavy atom. The maximum atomic E-state index is 12.6. The number of carbonyl (C=O) groups is 4. The Morgan fingerprint density at radius 2 is 1.31 bits per heavy atom. The molecule has 0 aliphatic heterocycles. The Morgan fingerprint density at radius 1 is 0.769 bits per heavy atom. The molecule has 9 heteroatoms. The fourth-order valence-corrected chi connectivity index (χ4v) is 3.15. The first-order valence-corrected chi connectivity index (χ1v) is 12.8. The zero-order valence-corrected chi connectivity index (χ0v) is 24.4. The fourth-order valence-electron chi connectivity index (χ4n) is 3.15. The summed E-state index contributed by atoms with van der Waals surface area (Å²) >= 11 is 0. The molecule has 0 aromatic heterocycles. The summed E-state index contributed by atoms with van der Waals surface area (Å²) in [5.74, 6) is -1.24. The quantitative estimate of drug-likeness (QED) is 0.352. The van der Waals surface area contributed by atoms with Gasteiger partial charge >= 0.3 is 11.9 Å². The second-order valence-corrected chi connectivity index (χ2v) is 12.3. The van der Waals surface area contributed by atoms with Crippen LogP contribution < -0.4 is 20.1 Å². The van der Waals surface area contributed by atoms with E-state index in [0.717, 1.165) is 0 Å². The molecule has 2 aromatic rings. The molecule has 0 spiro atoms. The second kappa shape index (κ2) is 12.3.